The Bertz CT molecular complexity index is 434. The topological polar surface area (TPSA) is 41.1 Å². The molecule has 5 heteroatoms. The summed E-state index contributed by atoms with van der Waals surface area (Å²) in [6, 6.07) is 7.99. The Balaban J connectivity index is 1.93. The van der Waals surface area contributed by atoms with Crippen molar-refractivity contribution in [2.45, 2.75) is 36.5 Å². The molecule has 1 aromatic rings. The van der Waals surface area contributed by atoms with Crippen LogP contribution in [0.25, 0.3) is 0 Å². The Morgan fingerprint density at radius 1 is 1.37 bits per heavy atom. The fourth-order valence-electron chi connectivity index (χ4n) is 1.75. The molecule has 1 aliphatic heterocycles. The number of thioether (sulfide) groups is 2. The van der Waals surface area contributed by atoms with Gasteiger partial charge in [-0.3, -0.25) is 10.1 Å². The Labute approximate surface area is 123 Å². The molecule has 104 valence electrons. The fourth-order valence-corrected chi connectivity index (χ4v) is 3.67. The first kappa shape index (κ1) is 14.8. The molecule has 19 heavy (non-hydrogen) atoms. The number of nitrogens with one attached hydrogen (secondary N) is 2. The first-order valence-electron chi connectivity index (χ1n) is 6.35. The third-order valence-electron chi connectivity index (χ3n) is 2.58. The highest BCUT2D eigenvalue weighted by Gasteiger charge is 2.22. The summed E-state index contributed by atoms with van der Waals surface area (Å²) in [4.78, 5) is 13.2. The zero-order chi connectivity index (χ0) is 13.9. The quantitative estimate of drug-likeness (QED) is 0.841. The van der Waals surface area contributed by atoms with E-state index in [9.17, 15) is 4.79 Å². The zero-order valence-electron chi connectivity index (χ0n) is 11.5. The average molecular weight is 296 g/mol. The molecule has 3 nitrogen and oxygen atoms in total. The largest absolute Gasteiger partial charge is 0.325 e. The average Bonchev–Trinajstić information content (AvgIpc) is 2.83. The second-order valence-corrected chi connectivity index (χ2v) is 8.43. The minimum absolute atomic E-state index is 0.0567. The van der Waals surface area contributed by atoms with Gasteiger partial charge in [0.15, 0.2) is 0 Å². The smallest absolute Gasteiger partial charge is 0.242 e. The number of hydrogen-bond donors (Lipinski definition) is 2. The van der Waals surface area contributed by atoms with Crippen LogP contribution in [-0.4, -0.2) is 28.3 Å². The monoisotopic (exact) mass is 296 g/mol. The Kier molecular flexibility index (Phi) is 4.81. The summed E-state index contributed by atoms with van der Waals surface area (Å²) in [7, 11) is 0. The fraction of sp³-hybridized carbons (Fsp3) is 0.500. The molecule has 0 aliphatic carbocycles. The molecule has 1 aliphatic rings. The summed E-state index contributed by atoms with van der Waals surface area (Å²) in [5.74, 6) is 1.77. The molecule has 1 heterocycles. The molecular weight excluding hydrogens is 276 g/mol. The van der Waals surface area contributed by atoms with E-state index < -0.39 is 0 Å². The van der Waals surface area contributed by atoms with Crippen molar-refractivity contribution in [2.24, 2.45) is 0 Å². The van der Waals surface area contributed by atoms with Crippen molar-refractivity contribution in [3.05, 3.63) is 24.3 Å². The van der Waals surface area contributed by atoms with E-state index in [1.165, 1.54) is 4.90 Å². The van der Waals surface area contributed by atoms with Crippen molar-refractivity contribution >= 4 is 35.1 Å². The predicted octanol–water partition coefficient (Wildman–Crippen LogP) is 3.18. The van der Waals surface area contributed by atoms with Crippen LogP contribution in [0.4, 0.5) is 5.69 Å². The predicted molar refractivity (Wildman–Crippen MR) is 84.9 cm³/mol. The maximum absolute atomic E-state index is 11.9. The van der Waals surface area contributed by atoms with E-state index in [2.05, 4.69) is 43.5 Å². The van der Waals surface area contributed by atoms with Crippen LogP contribution in [0.5, 0.6) is 0 Å². The highest BCUT2D eigenvalue weighted by Crippen LogP contribution is 2.32. The molecule has 0 radical (unpaired) electrons. The molecule has 0 aromatic heterocycles. The summed E-state index contributed by atoms with van der Waals surface area (Å²) >= 11 is 3.58. The van der Waals surface area contributed by atoms with Gasteiger partial charge in [0.25, 0.3) is 0 Å². The van der Waals surface area contributed by atoms with Crippen LogP contribution >= 0.6 is 23.5 Å². The molecule has 1 aromatic carbocycles. The highest BCUT2D eigenvalue weighted by atomic mass is 32.2. The van der Waals surface area contributed by atoms with Crippen LogP contribution in [0.3, 0.4) is 0 Å². The molecule has 1 fully saturated rings. The summed E-state index contributed by atoms with van der Waals surface area (Å²) < 4.78 is 0.204. The number of anilines is 1. The van der Waals surface area contributed by atoms with Crippen molar-refractivity contribution in [2.75, 3.05) is 16.9 Å². The maximum atomic E-state index is 11.9. The van der Waals surface area contributed by atoms with E-state index in [0.717, 1.165) is 17.3 Å². The van der Waals surface area contributed by atoms with Crippen LogP contribution in [0.2, 0.25) is 0 Å². The van der Waals surface area contributed by atoms with Crippen LogP contribution in [0.15, 0.2) is 29.2 Å². The lowest BCUT2D eigenvalue weighted by molar-refractivity contribution is -0.117. The van der Waals surface area contributed by atoms with Crippen molar-refractivity contribution in [3.8, 4) is 0 Å². The summed E-state index contributed by atoms with van der Waals surface area (Å²) in [5, 5.41) is 6.12. The Morgan fingerprint density at radius 3 is 2.58 bits per heavy atom. The van der Waals surface area contributed by atoms with Crippen LogP contribution < -0.4 is 10.6 Å². The van der Waals surface area contributed by atoms with Crippen LogP contribution in [0, 0.1) is 0 Å². The number of benzene rings is 1. The molecule has 0 spiro atoms. The number of hydrogen-bond acceptors (Lipinski definition) is 4. The number of amides is 1. The van der Waals surface area contributed by atoms with Gasteiger partial charge in [0, 0.05) is 27.0 Å². The first-order chi connectivity index (χ1) is 8.94. The standard InChI is InChI=1S/C14H20N2OS2/c1-14(2,3)19-11-6-4-10(5-7-11)16-13(17)12-8-18-9-15-12/h4-7,12,15H,8-9H2,1-3H3,(H,16,17)/t12-/m0/s1. The molecule has 1 saturated heterocycles. The van der Waals surface area contributed by atoms with Crippen molar-refractivity contribution in [1.29, 1.82) is 0 Å². The third-order valence-corrected chi connectivity index (χ3v) is 4.64. The van der Waals surface area contributed by atoms with Gasteiger partial charge in [-0.1, -0.05) is 20.8 Å². The number of carbonyl (C=O) groups excluding carboxylic acids is 1. The van der Waals surface area contributed by atoms with Gasteiger partial charge >= 0.3 is 0 Å². The first-order valence-corrected chi connectivity index (χ1v) is 8.32. The van der Waals surface area contributed by atoms with Crippen LogP contribution in [-0.2, 0) is 4.79 Å². The van der Waals surface area contributed by atoms with Gasteiger partial charge in [0.2, 0.25) is 5.91 Å². The lowest BCUT2D eigenvalue weighted by Crippen LogP contribution is -2.37. The van der Waals surface area contributed by atoms with Gasteiger partial charge in [-0.15, -0.1) is 23.5 Å². The summed E-state index contributed by atoms with van der Waals surface area (Å²) in [6.07, 6.45) is 0. The molecule has 2 N–H and O–H groups in total. The Hall–Kier alpha value is -0.650. The maximum Gasteiger partial charge on any atom is 0.242 e. The van der Waals surface area contributed by atoms with Crippen molar-refractivity contribution in [3.63, 3.8) is 0 Å². The third kappa shape index (κ3) is 4.75. The van der Waals surface area contributed by atoms with E-state index in [4.69, 9.17) is 0 Å². The van der Waals surface area contributed by atoms with Gasteiger partial charge in [0.1, 0.15) is 0 Å². The number of rotatable bonds is 3. The van der Waals surface area contributed by atoms with Crippen molar-refractivity contribution in [1.82, 2.24) is 5.32 Å². The summed E-state index contributed by atoms with van der Waals surface area (Å²) in [6.45, 7) is 6.57. The van der Waals surface area contributed by atoms with Gasteiger partial charge in [-0.05, 0) is 24.3 Å². The normalized spacial score (nSPS) is 19.4. The van der Waals surface area contributed by atoms with E-state index in [1.54, 1.807) is 11.8 Å². The zero-order valence-corrected chi connectivity index (χ0v) is 13.2. The molecule has 2 rings (SSSR count). The van der Waals surface area contributed by atoms with E-state index in [0.29, 0.717) is 0 Å². The molecule has 0 saturated carbocycles. The second kappa shape index (κ2) is 6.20. The van der Waals surface area contributed by atoms with Gasteiger partial charge in [-0.25, -0.2) is 0 Å². The van der Waals surface area contributed by atoms with Crippen LogP contribution in [0.1, 0.15) is 20.8 Å². The van der Waals surface area contributed by atoms with Gasteiger partial charge in [-0.2, -0.15) is 0 Å². The van der Waals surface area contributed by atoms with Crippen molar-refractivity contribution < 1.29 is 4.79 Å². The van der Waals surface area contributed by atoms with Gasteiger partial charge in [0.05, 0.1) is 6.04 Å². The molecular formula is C14H20N2OS2. The summed E-state index contributed by atoms with van der Waals surface area (Å²) in [5.41, 5.74) is 0.863. The highest BCUT2D eigenvalue weighted by molar-refractivity contribution is 8.00. The molecule has 0 unspecified atom stereocenters. The lowest BCUT2D eigenvalue weighted by atomic mass is 10.2. The minimum Gasteiger partial charge on any atom is -0.325 e. The van der Waals surface area contributed by atoms with Gasteiger partial charge < -0.3 is 5.32 Å². The van der Waals surface area contributed by atoms with E-state index in [1.807, 2.05) is 23.9 Å². The molecule has 1 atom stereocenters. The van der Waals surface area contributed by atoms with E-state index in [-0.39, 0.29) is 16.7 Å². The minimum atomic E-state index is -0.0615. The Morgan fingerprint density at radius 2 is 2.05 bits per heavy atom. The lowest BCUT2D eigenvalue weighted by Gasteiger charge is -2.17. The number of carbonyl (C=O) groups is 1. The second-order valence-electron chi connectivity index (χ2n) is 5.50. The SMILES string of the molecule is CC(C)(C)Sc1ccc(NC(=O)[C@@H]2CSCN2)cc1. The van der Waals surface area contributed by atoms with E-state index >= 15 is 0 Å². The molecule has 1 amide bonds. The molecule has 0 bridgehead atoms.